The second-order valence-corrected chi connectivity index (χ2v) is 9.52. The summed E-state index contributed by atoms with van der Waals surface area (Å²) in [6.45, 7) is 1.88. The number of carboxylic acids is 1. The number of aliphatic carboxylic acids is 1. The average molecular weight is 483 g/mol. The molecule has 32 heavy (non-hydrogen) atoms. The minimum Gasteiger partial charge on any atom is -0.543 e. The van der Waals surface area contributed by atoms with Crippen LogP contribution in [0, 0.1) is 0 Å². The van der Waals surface area contributed by atoms with Gasteiger partial charge in [0.25, 0.3) is 5.91 Å². The molecule has 1 aromatic heterocycles. The Labute approximate surface area is 214 Å². The van der Waals surface area contributed by atoms with E-state index in [2.05, 4.69) is 20.8 Å². The molecule has 1 N–H and O–H groups in total. The van der Waals surface area contributed by atoms with Crippen LogP contribution in [0.15, 0.2) is 46.8 Å². The number of nitrogens with one attached hydrogen (secondary N) is 1. The second-order valence-electron chi connectivity index (χ2n) is 7.12. The fraction of sp³-hybridized carbons (Fsp3) is 0.368. The van der Waals surface area contributed by atoms with Crippen molar-refractivity contribution in [1.82, 2.24) is 30.4 Å². The van der Waals surface area contributed by atoms with Crippen LogP contribution in [-0.4, -0.2) is 65.3 Å². The number of carbonyl (C=O) groups excluding carboxylic acids is 3. The minimum absolute atomic E-state index is 0. The summed E-state index contributed by atoms with van der Waals surface area (Å²) in [6, 6.07) is 8.43. The number of hydrogen-bond donors (Lipinski definition) is 1. The molecule has 2 amide bonds. The zero-order valence-corrected chi connectivity index (χ0v) is 21.4. The van der Waals surface area contributed by atoms with Gasteiger partial charge in [0.15, 0.2) is 0 Å². The van der Waals surface area contributed by atoms with E-state index in [1.165, 1.54) is 33.1 Å². The maximum absolute atomic E-state index is 12.8. The topological polar surface area (TPSA) is 133 Å². The van der Waals surface area contributed by atoms with Gasteiger partial charge in [-0.05, 0) is 28.5 Å². The number of nitrogens with zero attached hydrogens (tertiary/aromatic N) is 5. The molecule has 2 aliphatic heterocycles. The number of rotatable bonds is 7. The predicted octanol–water partition coefficient (Wildman–Crippen LogP) is -3.66. The first-order chi connectivity index (χ1) is 14.9. The van der Waals surface area contributed by atoms with E-state index >= 15 is 0 Å². The van der Waals surface area contributed by atoms with Gasteiger partial charge in [-0.25, -0.2) is 4.68 Å². The number of fused-ring (bicyclic) bond motifs is 1. The second kappa shape index (κ2) is 10.4. The number of aromatic nitrogens is 4. The first-order valence-electron chi connectivity index (χ1n) is 9.48. The molecule has 1 saturated heterocycles. The number of carbonyl (C=O) groups is 3. The van der Waals surface area contributed by atoms with E-state index < -0.39 is 23.3 Å². The van der Waals surface area contributed by atoms with E-state index in [0.717, 1.165) is 5.56 Å². The number of tetrazole rings is 1. The molecule has 0 radical (unpaired) electrons. The van der Waals surface area contributed by atoms with E-state index in [1.54, 1.807) is 7.05 Å². The molecule has 1 fully saturated rings. The van der Waals surface area contributed by atoms with Gasteiger partial charge in [0, 0.05) is 18.1 Å². The molecule has 0 saturated carbocycles. The van der Waals surface area contributed by atoms with Crippen molar-refractivity contribution in [2.24, 2.45) is 7.05 Å². The summed E-state index contributed by atoms with van der Waals surface area (Å²) < 4.78 is 1.49. The number of benzene rings is 1. The van der Waals surface area contributed by atoms with Crippen LogP contribution < -0.4 is 40.0 Å². The van der Waals surface area contributed by atoms with Gasteiger partial charge >= 0.3 is 29.6 Å². The van der Waals surface area contributed by atoms with Gasteiger partial charge in [-0.2, -0.15) is 0 Å². The molecule has 162 valence electrons. The quantitative estimate of drug-likeness (QED) is 0.241. The van der Waals surface area contributed by atoms with Gasteiger partial charge in [-0.15, -0.1) is 16.9 Å². The van der Waals surface area contributed by atoms with Gasteiger partial charge < -0.3 is 15.2 Å². The molecular formula is C19H19N6NaO4S2. The average Bonchev–Trinajstić information content (AvgIpc) is 3.15. The maximum Gasteiger partial charge on any atom is 1.00 e. The number of amides is 2. The molecule has 3 heterocycles. The first kappa shape index (κ1) is 24.8. The van der Waals surface area contributed by atoms with Crippen LogP contribution in [0.5, 0.6) is 0 Å². The van der Waals surface area contributed by atoms with Gasteiger partial charge in [0.2, 0.25) is 11.1 Å². The monoisotopic (exact) mass is 482 g/mol. The standard InChI is InChI=1S/C19H20N6O4S2.Na/c1-10-12(9-30-19-21-22-23-24(19)2)15(18(28)29)25-16(27)14(17(25)31-10)20-13(26)8-11-6-4-3-5-7-11;/h3-7,10,14,17H,8-9H2,1-2H3,(H,20,26)(H,28,29);/q;+1/p-1/t10-,14?,17+;/m1./s1. The molecule has 0 aliphatic carbocycles. The van der Waals surface area contributed by atoms with Crippen molar-refractivity contribution in [2.75, 3.05) is 5.75 Å². The Balaban J connectivity index is 0.00000289. The van der Waals surface area contributed by atoms with Crippen molar-refractivity contribution in [3.8, 4) is 0 Å². The van der Waals surface area contributed by atoms with Gasteiger partial charge in [-0.1, -0.05) is 42.1 Å². The van der Waals surface area contributed by atoms with Gasteiger partial charge in [0.1, 0.15) is 11.4 Å². The van der Waals surface area contributed by atoms with Crippen LogP contribution >= 0.6 is 23.5 Å². The maximum atomic E-state index is 12.8. The minimum atomic E-state index is -1.41. The van der Waals surface area contributed by atoms with Crippen molar-refractivity contribution in [3.05, 3.63) is 47.2 Å². The van der Waals surface area contributed by atoms with Crippen LogP contribution in [0.25, 0.3) is 0 Å². The summed E-state index contributed by atoms with van der Waals surface area (Å²) in [5, 5.41) is 25.7. The van der Waals surface area contributed by atoms with Crippen molar-refractivity contribution in [1.29, 1.82) is 0 Å². The van der Waals surface area contributed by atoms with E-state index in [1.807, 2.05) is 37.3 Å². The molecule has 13 heteroatoms. The van der Waals surface area contributed by atoms with Crippen molar-refractivity contribution >= 4 is 41.3 Å². The third-order valence-corrected chi connectivity index (χ3v) is 7.59. The zero-order chi connectivity index (χ0) is 22.1. The molecular weight excluding hydrogens is 463 g/mol. The Hall–Kier alpha value is -1.86. The van der Waals surface area contributed by atoms with Crippen LogP contribution in [0.1, 0.15) is 12.5 Å². The van der Waals surface area contributed by atoms with Crippen molar-refractivity contribution < 1.29 is 49.0 Å². The summed E-state index contributed by atoms with van der Waals surface area (Å²) in [6.07, 6.45) is 0.147. The molecule has 1 unspecified atom stereocenters. The molecule has 2 aromatic rings. The van der Waals surface area contributed by atoms with E-state index in [0.29, 0.717) is 16.5 Å². The normalized spacial score (nSPS) is 22.0. The van der Waals surface area contributed by atoms with E-state index in [9.17, 15) is 19.5 Å². The fourth-order valence-electron chi connectivity index (χ4n) is 3.52. The van der Waals surface area contributed by atoms with E-state index in [4.69, 9.17) is 0 Å². The van der Waals surface area contributed by atoms with Crippen LogP contribution in [0.4, 0.5) is 0 Å². The molecule has 4 rings (SSSR count). The van der Waals surface area contributed by atoms with Crippen LogP contribution in [0.2, 0.25) is 0 Å². The van der Waals surface area contributed by atoms with Crippen molar-refractivity contribution in [3.63, 3.8) is 0 Å². The van der Waals surface area contributed by atoms with Gasteiger partial charge in [-0.3, -0.25) is 14.5 Å². The van der Waals surface area contributed by atoms with Crippen molar-refractivity contribution in [2.45, 2.75) is 35.2 Å². The smallest absolute Gasteiger partial charge is 0.543 e. The molecule has 2 aliphatic rings. The number of hydrogen-bond acceptors (Lipinski definition) is 9. The summed E-state index contributed by atoms with van der Waals surface area (Å²) in [7, 11) is 1.69. The Morgan fingerprint density at radius 1 is 1.28 bits per heavy atom. The third kappa shape index (κ3) is 4.88. The molecule has 10 nitrogen and oxygen atoms in total. The number of aryl methyl sites for hydroxylation is 1. The molecule has 0 bridgehead atoms. The molecule has 0 spiro atoms. The van der Waals surface area contributed by atoms with Crippen LogP contribution in [0.3, 0.4) is 0 Å². The SMILES string of the molecule is C[C@H]1S[C@H]2C(NC(=O)Cc3ccccc3)C(=O)N2C(C(=O)[O-])=C1CSc1nnnn1C.[Na+]. The summed E-state index contributed by atoms with van der Waals surface area (Å²) in [5.74, 6) is -1.85. The number of carboxylic acid groups (broad SMARTS) is 1. The van der Waals surface area contributed by atoms with E-state index in [-0.39, 0.29) is 52.8 Å². The van der Waals surface area contributed by atoms with Crippen LogP contribution in [-0.2, 0) is 27.9 Å². The summed E-state index contributed by atoms with van der Waals surface area (Å²) in [5.41, 5.74) is 1.27. The Morgan fingerprint density at radius 3 is 2.62 bits per heavy atom. The zero-order valence-electron chi connectivity index (χ0n) is 17.7. The Bertz CT molecular complexity index is 1060. The third-order valence-electron chi connectivity index (χ3n) is 5.08. The summed E-state index contributed by atoms with van der Waals surface area (Å²) >= 11 is 2.72. The predicted molar refractivity (Wildman–Crippen MR) is 111 cm³/mol. The number of β-lactam (4-membered cyclic amide) rings is 1. The number of thioether (sulfide) groups is 2. The fourth-order valence-corrected chi connectivity index (χ4v) is 6.06. The Morgan fingerprint density at radius 2 is 2.00 bits per heavy atom. The molecule has 1 aromatic carbocycles. The largest absolute Gasteiger partial charge is 1.00 e. The first-order valence-corrected chi connectivity index (χ1v) is 11.4. The summed E-state index contributed by atoms with van der Waals surface area (Å²) in [4.78, 5) is 38.3. The van der Waals surface area contributed by atoms with Gasteiger partial charge in [0.05, 0.1) is 18.1 Å². The molecule has 3 atom stereocenters. The Kier molecular flexibility index (Phi) is 8.04.